The molecule has 1 amide bonds. The Morgan fingerprint density at radius 2 is 2.00 bits per heavy atom. The molecule has 6 nitrogen and oxygen atoms in total. The number of piperazine rings is 1. The largest absolute Gasteiger partial charge is 0.494 e. The van der Waals surface area contributed by atoms with E-state index in [9.17, 15) is 4.79 Å². The summed E-state index contributed by atoms with van der Waals surface area (Å²) in [5, 5.41) is 2.97. The van der Waals surface area contributed by atoms with Crippen molar-refractivity contribution >= 4 is 11.6 Å². The summed E-state index contributed by atoms with van der Waals surface area (Å²) in [6, 6.07) is 7.99. The van der Waals surface area contributed by atoms with Crippen LogP contribution in [0.15, 0.2) is 24.3 Å². The Kier molecular flexibility index (Phi) is 8.18. The molecule has 1 fully saturated rings. The van der Waals surface area contributed by atoms with Gasteiger partial charge in [-0.15, -0.1) is 0 Å². The molecule has 1 heterocycles. The summed E-state index contributed by atoms with van der Waals surface area (Å²) in [4.78, 5) is 17.0. The minimum absolute atomic E-state index is 0.0318. The first kappa shape index (κ1) is 19.7. The van der Waals surface area contributed by atoms with Crippen LogP contribution in [0.1, 0.15) is 20.3 Å². The zero-order chi connectivity index (χ0) is 18.1. The van der Waals surface area contributed by atoms with E-state index in [4.69, 9.17) is 9.47 Å². The van der Waals surface area contributed by atoms with Gasteiger partial charge in [-0.25, -0.2) is 0 Å². The van der Waals surface area contributed by atoms with Crippen LogP contribution in [0.4, 0.5) is 5.69 Å². The Balaban J connectivity index is 1.80. The highest BCUT2D eigenvalue weighted by atomic mass is 16.5. The summed E-state index contributed by atoms with van der Waals surface area (Å²) in [6.07, 6.45) is 1.08. The number of ether oxygens (including phenoxy) is 2. The molecule has 0 spiro atoms. The first-order chi connectivity index (χ1) is 12.2. The molecule has 0 saturated carbocycles. The van der Waals surface area contributed by atoms with Crippen LogP contribution in [-0.2, 0) is 9.53 Å². The van der Waals surface area contributed by atoms with Gasteiger partial charge in [-0.1, -0.05) is 6.92 Å². The van der Waals surface area contributed by atoms with Crippen molar-refractivity contribution < 1.29 is 14.3 Å². The highest BCUT2D eigenvalue weighted by Crippen LogP contribution is 2.16. The third kappa shape index (κ3) is 6.30. The van der Waals surface area contributed by atoms with Crippen LogP contribution in [0, 0.1) is 0 Å². The summed E-state index contributed by atoms with van der Waals surface area (Å²) in [5.74, 6) is 0.850. The molecule has 6 heteroatoms. The lowest BCUT2D eigenvalue weighted by atomic mass is 10.1. The Labute approximate surface area is 151 Å². The van der Waals surface area contributed by atoms with Crippen LogP contribution < -0.4 is 10.1 Å². The zero-order valence-corrected chi connectivity index (χ0v) is 15.7. The van der Waals surface area contributed by atoms with Crippen LogP contribution >= 0.6 is 0 Å². The normalized spacial score (nSPS) is 18.9. The maximum Gasteiger partial charge on any atom is 0.238 e. The second kappa shape index (κ2) is 10.4. The number of anilines is 1. The molecular formula is C19H31N3O3. The molecule has 1 unspecified atom stereocenters. The lowest BCUT2D eigenvalue weighted by Crippen LogP contribution is -2.54. The van der Waals surface area contributed by atoms with Crippen LogP contribution in [-0.4, -0.2) is 74.8 Å². The van der Waals surface area contributed by atoms with Gasteiger partial charge in [0.2, 0.25) is 5.91 Å². The van der Waals surface area contributed by atoms with Crippen molar-refractivity contribution in [1.82, 2.24) is 9.80 Å². The molecule has 1 saturated heterocycles. The number of carbonyl (C=O) groups is 1. The van der Waals surface area contributed by atoms with Crippen LogP contribution in [0.3, 0.4) is 0 Å². The minimum Gasteiger partial charge on any atom is -0.494 e. The number of amides is 1. The second-order valence-electron chi connectivity index (χ2n) is 6.33. The van der Waals surface area contributed by atoms with Gasteiger partial charge in [0.05, 0.1) is 19.8 Å². The number of nitrogens with zero attached hydrogens (tertiary/aromatic N) is 2. The number of methoxy groups -OCH3 is 1. The maximum absolute atomic E-state index is 12.3. The van der Waals surface area contributed by atoms with E-state index < -0.39 is 0 Å². The second-order valence-corrected chi connectivity index (χ2v) is 6.33. The summed E-state index contributed by atoms with van der Waals surface area (Å²) in [5.41, 5.74) is 0.805. The van der Waals surface area contributed by atoms with Crippen molar-refractivity contribution in [3.05, 3.63) is 24.3 Å². The van der Waals surface area contributed by atoms with E-state index in [1.165, 1.54) is 0 Å². The summed E-state index contributed by atoms with van der Waals surface area (Å²) in [7, 11) is 1.74. The number of hydrogen-bond donors (Lipinski definition) is 1. The predicted molar refractivity (Wildman–Crippen MR) is 100 cm³/mol. The molecule has 1 N–H and O–H groups in total. The fourth-order valence-corrected chi connectivity index (χ4v) is 3.20. The average molecular weight is 349 g/mol. The van der Waals surface area contributed by atoms with Crippen molar-refractivity contribution in [2.24, 2.45) is 0 Å². The predicted octanol–water partition coefficient (Wildman–Crippen LogP) is 2.07. The molecule has 140 valence electrons. The van der Waals surface area contributed by atoms with Gasteiger partial charge in [-0.2, -0.15) is 0 Å². The summed E-state index contributed by atoms with van der Waals surface area (Å²) >= 11 is 0. The van der Waals surface area contributed by atoms with Gasteiger partial charge < -0.3 is 14.8 Å². The fourth-order valence-electron chi connectivity index (χ4n) is 3.20. The van der Waals surface area contributed by atoms with E-state index in [1.807, 2.05) is 31.2 Å². The molecule has 1 atom stereocenters. The van der Waals surface area contributed by atoms with Crippen molar-refractivity contribution in [2.45, 2.75) is 26.3 Å². The third-order valence-electron chi connectivity index (χ3n) is 4.56. The molecule has 0 aliphatic carbocycles. The Morgan fingerprint density at radius 3 is 2.64 bits per heavy atom. The van der Waals surface area contributed by atoms with Crippen molar-refractivity contribution in [2.75, 3.05) is 58.4 Å². The average Bonchev–Trinajstić information content (AvgIpc) is 2.62. The molecule has 0 radical (unpaired) electrons. The van der Waals surface area contributed by atoms with Gasteiger partial charge in [-0.05, 0) is 37.6 Å². The first-order valence-corrected chi connectivity index (χ1v) is 9.14. The van der Waals surface area contributed by atoms with Gasteiger partial charge in [0.25, 0.3) is 0 Å². The lowest BCUT2D eigenvalue weighted by molar-refractivity contribution is -0.118. The molecule has 1 aliphatic heterocycles. The first-order valence-electron chi connectivity index (χ1n) is 9.14. The van der Waals surface area contributed by atoms with E-state index in [0.717, 1.165) is 50.6 Å². The van der Waals surface area contributed by atoms with E-state index in [1.54, 1.807) is 7.11 Å². The standard InChI is InChI=1S/C19H31N3O3/c1-4-17-14-21(10-11-22(17)12-13-24-3)15-19(23)20-16-6-8-18(9-7-16)25-5-2/h6-9,17H,4-5,10-15H2,1-3H3,(H,20,23). The zero-order valence-electron chi connectivity index (χ0n) is 15.7. The van der Waals surface area contributed by atoms with Gasteiger partial charge in [0.1, 0.15) is 5.75 Å². The quantitative estimate of drug-likeness (QED) is 0.740. The summed E-state index contributed by atoms with van der Waals surface area (Å²) in [6.45, 7) is 9.77. The lowest BCUT2D eigenvalue weighted by Gasteiger charge is -2.40. The fraction of sp³-hybridized carbons (Fsp3) is 0.632. The van der Waals surface area contributed by atoms with Gasteiger partial charge in [0.15, 0.2) is 0 Å². The number of nitrogens with one attached hydrogen (secondary N) is 1. The smallest absolute Gasteiger partial charge is 0.238 e. The van der Waals surface area contributed by atoms with Gasteiger partial charge in [0, 0.05) is 45.0 Å². The van der Waals surface area contributed by atoms with Crippen LogP contribution in [0.25, 0.3) is 0 Å². The van der Waals surface area contributed by atoms with Crippen molar-refractivity contribution in [3.63, 3.8) is 0 Å². The minimum atomic E-state index is 0.0318. The topological polar surface area (TPSA) is 54.0 Å². The highest BCUT2D eigenvalue weighted by molar-refractivity contribution is 5.92. The van der Waals surface area contributed by atoms with Gasteiger partial charge >= 0.3 is 0 Å². The van der Waals surface area contributed by atoms with Crippen LogP contribution in [0.2, 0.25) is 0 Å². The number of rotatable bonds is 9. The molecule has 0 bridgehead atoms. The molecular weight excluding hydrogens is 318 g/mol. The van der Waals surface area contributed by atoms with E-state index in [2.05, 4.69) is 22.0 Å². The molecule has 1 aromatic carbocycles. The van der Waals surface area contributed by atoms with E-state index in [0.29, 0.717) is 19.2 Å². The Hall–Kier alpha value is -1.63. The van der Waals surface area contributed by atoms with Crippen molar-refractivity contribution in [3.8, 4) is 5.75 Å². The molecule has 1 aliphatic rings. The molecule has 2 rings (SSSR count). The monoisotopic (exact) mass is 349 g/mol. The van der Waals surface area contributed by atoms with E-state index >= 15 is 0 Å². The Bertz CT molecular complexity index is 521. The van der Waals surface area contributed by atoms with Gasteiger partial charge in [-0.3, -0.25) is 14.6 Å². The number of hydrogen-bond acceptors (Lipinski definition) is 5. The third-order valence-corrected chi connectivity index (χ3v) is 4.56. The van der Waals surface area contributed by atoms with Crippen LogP contribution in [0.5, 0.6) is 5.75 Å². The number of benzene rings is 1. The SMILES string of the molecule is CCOc1ccc(NC(=O)CN2CCN(CCOC)C(CC)C2)cc1. The highest BCUT2D eigenvalue weighted by Gasteiger charge is 2.26. The maximum atomic E-state index is 12.3. The van der Waals surface area contributed by atoms with Crippen molar-refractivity contribution in [1.29, 1.82) is 0 Å². The Morgan fingerprint density at radius 1 is 1.24 bits per heavy atom. The molecule has 0 aromatic heterocycles. The van der Waals surface area contributed by atoms with E-state index in [-0.39, 0.29) is 5.91 Å². The molecule has 25 heavy (non-hydrogen) atoms. The summed E-state index contributed by atoms with van der Waals surface area (Å²) < 4.78 is 10.6. The number of carbonyl (C=O) groups excluding carboxylic acids is 1. The molecule has 1 aromatic rings.